The fourth-order valence-electron chi connectivity index (χ4n) is 3.34. The van der Waals surface area contributed by atoms with Crippen LogP contribution in [-0.2, 0) is 9.53 Å². The number of morpholine rings is 1. The van der Waals surface area contributed by atoms with Crippen LogP contribution in [0.25, 0.3) is 11.5 Å². The Morgan fingerprint density at radius 2 is 1.93 bits per heavy atom. The Bertz CT molecular complexity index is 766. The van der Waals surface area contributed by atoms with Crippen molar-refractivity contribution in [3.8, 4) is 11.5 Å². The summed E-state index contributed by atoms with van der Waals surface area (Å²) in [6.45, 7) is 5.47. The third-order valence-electron chi connectivity index (χ3n) is 5.33. The minimum atomic E-state index is 0.111. The lowest BCUT2D eigenvalue weighted by atomic mass is 9.85. The molecule has 2 heterocycles. The molecule has 1 amide bonds. The number of anilines is 2. The van der Waals surface area contributed by atoms with Crippen molar-refractivity contribution in [3.05, 3.63) is 24.3 Å². The number of nitrogens with zero attached hydrogens (tertiary/aromatic N) is 3. The van der Waals surface area contributed by atoms with Gasteiger partial charge in [0.15, 0.2) is 0 Å². The number of benzene rings is 1. The maximum absolute atomic E-state index is 12.0. The Morgan fingerprint density at radius 3 is 2.64 bits per heavy atom. The third-order valence-corrected chi connectivity index (χ3v) is 5.33. The maximum Gasteiger partial charge on any atom is 0.315 e. The van der Waals surface area contributed by atoms with Crippen LogP contribution in [0.1, 0.15) is 25.7 Å². The van der Waals surface area contributed by atoms with Crippen molar-refractivity contribution in [1.82, 2.24) is 15.1 Å². The molecule has 2 aromatic rings. The van der Waals surface area contributed by atoms with Crippen molar-refractivity contribution >= 4 is 17.6 Å². The average Bonchev–Trinajstić information content (AvgIpc) is 3.14. The molecule has 150 valence electrons. The fourth-order valence-corrected chi connectivity index (χ4v) is 3.34. The molecule has 2 fully saturated rings. The molecule has 0 spiro atoms. The molecule has 0 radical (unpaired) electrons. The molecule has 8 nitrogen and oxygen atoms in total. The van der Waals surface area contributed by atoms with Crippen molar-refractivity contribution in [2.75, 3.05) is 50.0 Å². The van der Waals surface area contributed by atoms with Gasteiger partial charge in [0.25, 0.3) is 0 Å². The highest BCUT2D eigenvalue weighted by atomic mass is 16.5. The number of amides is 1. The van der Waals surface area contributed by atoms with E-state index in [1.54, 1.807) is 0 Å². The van der Waals surface area contributed by atoms with E-state index in [9.17, 15) is 4.79 Å². The van der Waals surface area contributed by atoms with E-state index >= 15 is 0 Å². The molecule has 2 N–H and O–H groups in total. The van der Waals surface area contributed by atoms with Crippen LogP contribution in [0.3, 0.4) is 0 Å². The van der Waals surface area contributed by atoms with Crippen LogP contribution in [0.2, 0.25) is 0 Å². The van der Waals surface area contributed by atoms with E-state index in [2.05, 4.69) is 25.7 Å². The van der Waals surface area contributed by atoms with Crippen LogP contribution in [0.15, 0.2) is 28.7 Å². The third kappa shape index (κ3) is 4.88. The van der Waals surface area contributed by atoms with E-state index < -0.39 is 0 Å². The number of nitrogens with one attached hydrogen (secondary N) is 2. The topological polar surface area (TPSA) is 92.5 Å². The molecule has 0 bridgehead atoms. The van der Waals surface area contributed by atoms with Gasteiger partial charge in [-0.05, 0) is 50.1 Å². The SMILES string of the molecule is O=C(Nc1ccc(-c2nnc(NCCCN3CCOCC3)o2)cc1)C1CCC1. The predicted molar refractivity (Wildman–Crippen MR) is 106 cm³/mol. The van der Waals surface area contributed by atoms with Crippen molar-refractivity contribution in [2.24, 2.45) is 5.92 Å². The number of ether oxygens (including phenoxy) is 1. The maximum atomic E-state index is 12.0. The van der Waals surface area contributed by atoms with E-state index in [4.69, 9.17) is 9.15 Å². The van der Waals surface area contributed by atoms with Crippen LogP contribution in [-0.4, -0.2) is 60.4 Å². The van der Waals surface area contributed by atoms with Gasteiger partial charge in [-0.2, -0.15) is 0 Å². The predicted octanol–water partition coefficient (Wildman–Crippen LogP) is 2.61. The molecular weight excluding hydrogens is 358 g/mol. The Kier molecular flexibility index (Phi) is 6.18. The lowest BCUT2D eigenvalue weighted by molar-refractivity contribution is -0.122. The molecule has 0 unspecified atom stereocenters. The molecular formula is C20H27N5O3. The lowest BCUT2D eigenvalue weighted by Gasteiger charge is -2.26. The molecule has 2 aliphatic rings. The molecule has 28 heavy (non-hydrogen) atoms. The smallest absolute Gasteiger partial charge is 0.315 e. The largest absolute Gasteiger partial charge is 0.403 e. The number of carbonyl (C=O) groups is 1. The molecule has 8 heteroatoms. The van der Waals surface area contributed by atoms with Gasteiger partial charge in [0, 0.05) is 36.8 Å². The summed E-state index contributed by atoms with van der Waals surface area (Å²) in [6.07, 6.45) is 4.15. The summed E-state index contributed by atoms with van der Waals surface area (Å²) < 4.78 is 11.0. The molecule has 1 aliphatic heterocycles. The van der Waals surface area contributed by atoms with Gasteiger partial charge in [-0.25, -0.2) is 0 Å². The van der Waals surface area contributed by atoms with E-state index in [0.29, 0.717) is 11.9 Å². The monoisotopic (exact) mass is 385 g/mol. The number of rotatable bonds is 8. The van der Waals surface area contributed by atoms with Crippen LogP contribution in [0.4, 0.5) is 11.7 Å². The molecule has 1 aromatic heterocycles. The molecule has 0 atom stereocenters. The second-order valence-corrected chi connectivity index (χ2v) is 7.34. The highest BCUT2D eigenvalue weighted by Gasteiger charge is 2.25. The van der Waals surface area contributed by atoms with Gasteiger partial charge >= 0.3 is 6.01 Å². The summed E-state index contributed by atoms with van der Waals surface area (Å²) in [6, 6.07) is 7.93. The molecule has 1 aliphatic carbocycles. The van der Waals surface area contributed by atoms with Gasteiger partial charge in [0.1, 0.15) is 0 Å². The average molecular weight is 385 g/mol. The zero-order valence-corrected chi connectivity index (χ0v) is 16.0. The van der Waals surface area contributed by atoms with E-state index in [1.165, 1.54) is 0 Å². The quantitative estimate of drug-likeness (QED) is 0.675. The summed E-state index contributed by atoms with van der Waals surface area (Å²) in [5.41, 5.74) is 1.62. The van der Waals surface area contributed by atoms with Gasteiger partial charge in [-0.15, -0.1) is 5.10 Å². The van der Waals surface area contributed by atoms with Crippen molar-refractivity contribution in [3.63, 3.8) is 0 Å². The number of aromatic nitrogens is 2. The second kappa shape index (κ2) is 9.16. The normalized spacial score (nSPS) is 17.9. The Hall–Kier alpha value is -2.45. The first-order valence-electron chi connectivity index (χ1n) is 10.1. The molecule has 1 saturated heterocycles. The van der Waals surface area contributed by atoms with Crippen molar-refractivity contribution in [2.45, 2.75) is 25.7 Å². The van der Waals surface area contributed by atoms with Crippen molar-refractivity contribution in [1.29, 1.82) is 0 Å². The van der Waals surface area contributed by atoms with E-state index in [-0.39, 0.29) is 11.8 Å². The van der Waals surface area contributed by atoms with Crippen molar-refractivity contribution < 1.29 is 13.9 Å². The highest BCUT2D eigenvalue weighted by molar-refractivity contribution is 5.93. The summed E-state index contributed by atoms with van der Waals surface area (Å²) in [4.78, 5) is 14.4. The number of hydrogen-bond donors (Lipinski definition) is 2. The Labute approximate surface area is 164 Å². The second-order valence-electron chi connectivity index (χ2n) is 7.34. The first-order valence-corrected chi connectivity index (χ1v) is 10.1. The first-order chi connectivity index (χ1) is 13.8. The summed E-state index contributed by atoms with van der Waals surface area (Å²) in [5, 5.41) is 14.3. The molecule has 4 rings (SSSR count). The highest BCUT2D eigenvalue weighted by Crippen LogP contribution is 2.28. The van der Waals surface area contributed by atoms with Crippen LogP contribution < -0.4 is 10.6 Å². The van der Waals surface area contributed by atoms with E-state index in [0.717, 1.165) is 76.3 Å². The fraction of sp³-hybridized carbons (Fsp3) is 0.550. The van der Waals surface area contributed by atoms with E-state index in [1.807, 2.05) is 24.3 Å². The van der Waals surface area contributed by atoms with Gasteiger partial charge in [0.2, 0.25) is 11.8 Å². The Balaban J connectivity index is 1.23. The van der Waals surface area contributed by atoms with Crippen LogP contribution >= 0.6 is 0 Å². The zero-order valence-electron chi connectivity index (χ0n) is 16.0. The Morgan fingerprint density at radius 1 is 1.14 bits per heavy atom. The van der Waals surface area contributed by atoms with Gasteiger partial charge in [0.05, 0.1) is 13.2 Å². The summed E-state index contributed by atoms with van der Waals surface area (Å²) in [7, 11) is 0. The molecule has 1 saturated carbocycles. The summed E-state index contributed by atoms with van der Waals surface area (Å²) >= 11 is 0. The first kappa shape index (κ1) is 18.9. The van der Waals surface area contributed by atoms with Crippen LogP contribution in [0.5, 0.6) is 0 Å². The van der Waals surface area contributed by atoms with Gasteiger partial charge in [-0.1, -0.05) is 11.5 Å². The number of carbonyl (C=O) groups excluding carboxylic acids is 1. The molecule has 1 aromatic carbocycles. The lowest BCUT2D eigenvalue weighted by Crippen LogP contribution is -2.37. The minimum Gasteiger partial charge on any atom is -0.403 e. The standard InChI is InChI=1S/C20H27N5O3/c26-18(15-3-1-4-15)22-17-7-5-16(6-8-17)19-23-24-20(28-19)21-9-2-10-25-11-13-27-14-12-25/h5-8,15H,1-4,9-14H2,(H,21,24)(H,22,26). The van der Waals surface area contributed by atoms with Gasteiger partial charge < -0.3 is 19.8 Å². The zero-order chi connectivity index (χ0) is 19.2. The van der Waals surface area contributed by atoms with Gasteiger partial charge in [-0.3, -0.25) is 9.69 Å². The van der Waals surface area contributed by atoms with Crippen LogP contribution in [0, 0.1) is 5.92 Å². The minimum absolute atomic E-state index is 0.111. The summed E-state index contributed by atoms with van der Waals surface area (Å²) in [5.74, 6) is 0.750. The number of hydrogen-bond acceptors (Lipinski definition) is 7.